The molecule has 2 aromatic rings. The summed E-state index contributed by atoms with van der Waals surface area (Å²) in [5.41, 5.74) is 0.597. The first kappa shape index (κ1) is 10.8. The summed E-state index contributed by atoms with van der Waals surface area (Å²) in [6.07, 6.45) is 3.06. The molecule has 6 heteroatoms. The number of rotatable bonds is 3. The first-order valence-corrected chi connectivity index (χ1v) is 6.26. The largest absolute Gasteiger partial charge is 0.347 e. The monoisotopic (exact) mass is 237 g/mol. The number of imidazole rings is 1. The number of aromatic nitrogens is 2. The first-order chi connectivity index (χ1) is 7.59. The predicted molar refractivity (Wildman–Crippen MR) is 60.0 cm³/mol. The van der Waals surface area contributed by atoms with E-state index in [-0.39, 0.29) is 0 Å². The van der Waals surface area contributed by atoms with Crippen LogP contribution in [0.15, 0.2) is 42.7 Å². The molecule has 84 valence electrons. The van der Waals surface area contributed by atoms with Crippen LogP contribution < -0.4 is 5.14 Å². The molecular formula is C10H11N3O2S. The Morgan fingerprint density at radius 3 is 2.44 bits per heavy atom. The molecule has 2 rings (SSSR count). The van der Waals surface area contributed by atoms with E-state index in [2.05, 4.69) is 9.97 Å². The van der Waals surface area contributed by atoms with Crippen molar-refractivity contribution in [3.63, 3.8) is 0 Å². The summed E-state index contributed by atoms with van der Waals surface area (Å²) in [5.74, 6) is 0.328. The van der Waals surface area contributed by atoms with E-state index < -0.39 is 15.3 Å². The quantitative estimate of drug-likeness (QED) is 0.827. The zero-order valence-electron chi connectivity index (χ0n) is 8.37. The smallest absolute Gasteiger partial charge is 0.223 e. The third-order valence-corrected chi connectivity index (χ3v) is 3.35. The molecule has 0 radical (unpaired) electrons. The highest BCUT2D eigenvalue weighted by molar-refractivity contribution is 7.89. The van der Waals surface area contributed by atoms with Crippen LogP contribution >= 0.6 is 0 Å². The van der Waals surface area contributed by atoms with Crippen molar-refractivity contribution >= 4 is 10.0 Å². The van der Waals surface area contributed by atoms with E-state index in [0.29, 0.717) is 11.4 Å². The fraction of sp³-hybridized carbons (Fsp3) is 0.100. The van der Waals surface area contributed by atoms with Gasteiger partial charge in [0.05, 0.1) is 0 Å². The number of hydrogen-bond acceptors (Lipinski definition) is 3. The minimum absolute atomic E-state index is 0.328. The highest BCUT2D eigenvalue weighted by Gasteiger charge is 2.27. The van der Waals surface area contributed by atoms with Crippen molar-refractivity contribution in [1.82, 2.24) is 9.97 Å². The molecule has 0 saturated heterocycles. The number of primary sulfonamides is 1. The van der Waals surface area contributed by atoms with Crippen molar-refractivity contribution in [2.75, 3.05) is 0 Å². The molecule has 0 aliphatic rings. The first-order valence-electron chi connectivity index (χ1n) is 4.65. The van der Waals surface area contributed by atoms with Gasteiger partial charge in [-0.3, -0.25) is 0 Å². The SMILES string of the molecule is NS(=O)(=O)C(c1ccccc1)c1ncc[nH]1. The highest BCUT2D eigenvalue weighted by Crippen LogP contribution is 2.25. The van der Waals surface area contributed by atoms with E-state index in [9.17, 15) is 8.42 Å². The molecule has 1 atom stereocenters. The van der Waals surface area contributed by atoms with Crippen molar-refractivity contribution in [3.8, 4) is 0 Å². The van der Waals surface area contributed by atoms with Gasteiger partial charge < -0.3 is 4.98 Å². The molecule has 1 aromatic carbocycles. The maximum absolute atomic E-state index is 11.5. The number of hydrogen-bond donors (Lipinski definition) is 2. The highest BCUT2D eigenvalue weighted by atomic mass is 32.2. The van der Waals surface area contributed by atoms with Crippen molar-refractivity contribution in [1.29, 1.82) is 0 Å². The summed E-state index contributed by atoms with van der Waals surface area (Å²) in [7, 11) is -3.73. The van der Waals surface area contributed by atoms with E-state index in [1.807, 2.05) is 6.07 Å². The molecule has 0 fully saturated rings. The van der Waals surface area contributed by atoms with Gasteiger partial charge in [0.25, 0.3) is 0 Å². The lowest BCUT2D eigenvalue weighted by Crippen LogP contribution is -2.23. The van der Waals surface area contributed by atoms with Gasteiger partial charge in [0, 0.05) is 12.4 Å². The molecule has 16 heavy (non-hydrogen) atoms. The molecular weight excluding hydrogens is 226 g/mol. The van der Waals surface area contributed by atoms with Crippen LogP contribution in [0.1, 0.15) is 16.6 Å². The van der Waals surface area contributed by atoms with Crippen molar-refractivity contribution in [3.05, 3.63) is 54.1 Å². The van der Waals surface area contributed by atoms with Gasteiger partial charge in [-0.25, -0.2) is 18.5 Å². The van der Waals surface area contributed by atoms with Crippen LogP contribution in [0.4, 0.5) is 0 Å². The Morgan fingerprint density at radius 2 is 1.94 bits per heavy atom. The minimum Gasteiger partial charge on any atom is -0.347 e. The molecule has 0 spiro atoms. The Bertz CT molecular complexity index is 549. The second-order valence-corrected chi connectivity index (χ2v) is 5.00. The van der Waals surface area contributed by atoms with Gasteiger partial charge in [-0.2, -0.15) is 0 Å². The number of H-pyrrole nitrogens is 1. The Kier molecular flexibility index (Phi) is 2.76. The maximum Gasteiger partial charge on any atom is 0.223 e. The van der Waals surface area contributed by atoms with Crippen LogP contribution in [0.5, 0.6) is 0 Å². The van der Waals surface area contributed by atoms with Crippen LogP contribution in [0.25, 0.3) is 0 Å². The summed E-state index contributed by atoms with van der Waals surface area (Å²) < 4.78 is 23.1. The minimum atomic E-state index is -3.73. The Balaban J connectivity index is 2.54. The summed E-state index contributed by atoms with van der Waals surface area (Å²) in [6.45, 7) is 0. The lowest BCUT2D eigenvalue weighted by Gasteiger charge is -2.12. The van der Waals surface area contributed by atoms with Gasteiger partial charge in [-0.05, 0) is 5.56 Å². The van der Waals surface area contributed by atoms with E-state index in [1.54, 1.807) is 30.5 Å². The summed E-state index contributed by atoms with van der Waals surface area (Å²) >= 11 is 0. The lowest BCUT2D eigenvalue weighted by molar-refractivity contribution is 0.588. The number of nitrogens with zero attached hydrogens (tertiary/aromatic N) is 1. The topological polar surface area (TPSA) is 88.8 Å². The van der Waals surface area contributed by atoms with Gasteiger partial charge in [0.2, 0.25) is 10.0 Å². The Labute approximate surface area is 93.4 Å². The molecule has 1 heterocycles. The Hall–Kier alpha value is -1.66. The van der Waals surface area contributed by atoms with Crippen LogP contribution in [0.2, 0.25) is 0 Å². The number of nitrogens with two attached hydrogens (primary N) is 1. The van der Waals surface area contributed by atoms with Crippen LogP contribution in [-0.4, -0.2) is 18.4 Å². The molecule has 0 aliphatic heterocycles. The molecule has 0 saturated carbocycles. The number of sulfonamides is 1. The Morgan fingerprint density at radius 1 is 1.25 bits per heavy atom. The zero-order chi connectivity index (χ0) is 11.6. The second kappa shape index (κ2) is 4.07. The molecule has 5 nitrogen and oxygen atoms in total. The maximum atomic E-state index is 11.5. The second-order valence-electron chi connectivity index (χ2n) is 3.35. The molecule has 0 bridgehead atoms. The average molecular weight is 237 g/mol. The van der Waals surface area contributed by atoms with Gasteiger partial charge in [0.1, 0.15) is 5.82 Å². The zero-order valence-corrected chi connectivity index (χ0v) is 9.18. The third kappa shape index (κ3) is 2.12. The number of nitrogens with one attached hydrogen (secondary N) is 1. The van der Waals surface area contributed by atoms with Gasteiger partial charge in [0.15, 0.2) is 5.25 Å². The van der Waals surface area contributed by atoms with Crippen LogP contribution in [0, 0.1) is 0 Å². The fourth-order valence-electron chi connectivity index (χ4n) is 1.55. The standard InChI is InChI=1S/C10H11N3O2S/c11-16(14,15)9(10-12-6-7-13-10)8-4-2-1-3-5-8/h1-7,9H,(H,12,13)(H2,11,14,15). The molecule has 3 N–H and O–H groups in total. The normalized spacial score (nSPS) is 13.6. The summed E-state index contributed by atoms with van der Waals surface area (Å²) in [5, 5.41) is 4.27. The fourth-order valence-corrected chi connectivity index (χ4v) is 2.53. The molecule has 1 unspecified atom stereocenters. The van der Waals surface area contributed by atoms with Gasteiger partial charge in [-0.1, -0.05) is 30.3 Å². The summed E-state index contributed by atoms with van der Waals surface area (Å²) in [4.78, 5) is 6.72. The third-order valence-electron chi connectivity index (χ3n) is 2.20. The van der Waals surface area contributed by atoms with Crippen LogP contribution in [-0.2, 0) is 10.0 Å². The average Bonchev–Trinajstić information content (AvgIpc) is 2.71. The number of aromatic amines is 1. The van der Waals surface area contributed by atoms with Crippen molar-refractivity contribution in [2.24, 2.45) is 5.14 Å². The predicted octanol–water partition coefficient (Wildman–Crippen LogP) is 0.788. The molecule has 1 aromatic heterocycles. The molecule has 0 aliphatic carbocycles. The lowest BCUT2D eigenvalue weighted by atomic mass is 10.1. The van der Waals surface area contributed by atoms with Crippen molar-refractivity contribution < 1.29 is 8.42 Å². The van der Waals surface area contributed by atoms with E-state index in [0.717, 1.165) is 0 Å². The van der Waals surface area contributed by atoms with E-state index in [4.69, 9.17) is 5.14 Å². The van der Waals surface area contributed by atoms with Gasteiger partial charge >= 0.3 is 0 Å². The van der Waals surface area contributed by atoms with E-state index in [1.165, 1.54) is 6.20 Å². The van der Waals surface area contributed by atoms with Crippen molar-refractivity contribution in [2.45, 2.75) is 5.25 Å². The van der Waals surface area contributed by atoms with Gasteiger partial charge in [-0.15, -0.1) is 0 Å². The van der Waals surface area contributed by atoms with Crippen LogP contribution in [0.3, 0.4) is 0 Å². The number of benzene rings is 1. The van der Waals surface area contributed by atoms with E-state index >= 15 is 0 Å². The summed E-state index contributed by atoms with van der Waals surface area (Å²) in [6, 6.07) is 8.74. The molecule has 0 amide bonds.